The van der Waals surface area contributed by atoms with Crippen LogP contribution in [0.2, 0.25) is 0 Å². The predicted molar refractivity (Wildman–Crippen MR) is 122 cm³/mol. The van der Waals surface area contributed by atoms with Crippen molar-refractivity contribution in [1.29, 1.82) is 0 Å². The minimum absolute atomic E-state index is 0.0338. The standard InChI is InChI=1S/C22H24F2N6O7/c1-12(27-19(31)17-2-3-26-37-17)20(32)29-6-4-28(5-7-29)18-15(23)8-13(9-16(18)24)30-11-14(36-22(30)35)10-25-21(33)34/h2-3,8-9,12,14,25H,4-7,10-11H2,1H3,(H,27,31)(H,33,34)/t12-,14-/m0/s1. The Morgan fingerprint density at radius 1 is 1.19 bits per heavy atom. The Labute approximate surface area is 208 Å². The number of carbonyl (C=O) groups is 4. The van der Waals surface area contributed by atoms with Gasteiger partial charge in [-0.25, -0.2) is 18.4 Å². The van der Waals surface area contributed by atoms with Gasteiger partial charge in [-0.2, -0.15) is 0 Å². The molecule has 2 aliphatic rings. The first-order valence-corrected chi connectivity index (χ1v) is 11.3. The molecule has 198 valence electrons. The molecule has 2 atom stereocenters. The molecule has 0 saturated carbocycles. The number of aromatic nitrogens is 1. The van der Waals surface area contributed by atoms with Gasteiger partial charge in [-0.1, -0.05) is 5.16 Å². The largest absolute Gasteiger partial charge is 0.465 e. The van der Waals surface area contributed by atoms with Crippen LogP contribution in [0.4, 0.5) is 29.7 Å². The molecule has 0 aliphatic carbocycles. The molecule has 1 aromatic heterocycles. The Kier molecular flexibility index (Phi) is 7.40. The van der Waals surface area contributed by atoms with Crippen molar-refractivity contribution in [2.75, 3.05) is 49.1 Å². The van der Waals surface area contributed by atoms with Crippen molar-refractivity contribution in [1.82, 2.24) is 20.7 Å². The number of hydrogen-bond donors (Lipinski definition) is 3. The number of halogens is 2. The summed E-state index contributed by atoms with van der Waals surface area (Å²) < 4.78 is 39.8. The zero-order chi connectivity index (χ0) is 26.7. The van der Waals surface area contributed by atoms with Crippen LogP contribution in [0.1, 0.15) is 17.5 Å². The SMILES string of the molecule is C[C@H](NC(=O)c1ccno1)C(=O)N1CCN(c2c(F)cc(N3C[C@H](CNC(=O)O)OC3=O)cc2F)CC1. The zero-order valence-electron chi connectivity index (χ0n) is 19.6. The lowest BCUT2D eigenvalue weighted by atomic mass is 10.1. The molecule has 2 fully saturated rings. The summed E-state index contributed by atoms with van der Waals surface area (Å²) in [7, 11) is 0. The van der Waals surface area contributed by atoms with E-state index in [2.05, 4.69) is 15.8 Å². The van der Waals surface area contributed by atoms with E-state index in [0.717, 1.165) is 17.0 Å². The first kappa shape index (κ1) is 25.7. The third-order valence-corrected chi connectivity index (χ3v) is 5.96. The number of anilines is 2. The third kappa shape index (κ3) is 5.70. The van der Waals surface area contributed by atoms with Gasteiger partial charge < -0.3 is 34.8 Å². The first-order valence-electron chi connectivity index (χ1n) is 11.3. The number of carbonyl (C=O) groups excluding carboxylic acids is 3. The van der Waals surface area contributed by atoms with Crippen LogP contribution in [-0.4, -0.2) is 90.6 Å². The summed E-state index contributed by atoms with van der Waals surface area (Å²) >= 11 is 0. The molecule has 2 aromatic rings. The van der Waals surface area contributed by atoms with Crippen LogP contribution >= 0.6 is 0 Å². The summed E-state index contributed by atoms with van der Waals surface area (Å²) in [4.78, 5) is 51.5. The maximum Gasteiger partial charge on any atom is 0.414 e. The van der Waals surface area contributed by atoms with Crippen LogP contribution < -0.4 is 20.4 Å². The van der Waals surface area contributed by atoms with Gasteiger partial charge in [0.1, 0.15) is 17.8 Å². The molecule has 3 heterocycles. The number of cyclic esters (lactones) is 1. The van der Waals surface area contributed by atoms with Crippen LogP contribution in [0.25, 0.3) is 0 Å². The van der Waals surface area contributed by atoms with E-state index in [0.29, 0.717) is 0 Å². The quantitative estimate of drug-likeness (QED) is 0.483. The fourth-order valence-electron chi connectivity index (χ4n) is 4.14. The number of amides is 4. The second kappa shape index (κ2) is 10.7. The minimum Gasteiger partial charge on any atom is -0.465 e. The number of benzene rings is 1. The lowest BCUT2D eigenvalue weighted by Gasteiger charge is -2.37. The molecule has 4 rings (SSSR count). The molecule has 2 aliphatic heterocycles. The molecular weight excluding hydrogens is 498 g/mol. The Morgan fingerprint density at radius 3 is 2.46 bits per heavy atom. The van der Waals surface area contributed by atoms with E-state index in [1.807, 2.05) is 0 Å². The highest BCUT2D eigenvalue weighted by molar-refractivity contribution is 5.95. The van der Waals surface area contributed by atoms with Crippen molar-refractivity contribution in [3.63, 3.8) is 0 Å². The molecule has 0 radical (unpaired) electrons. The fourth-order valence-corrected chi connectivity index (χ4v) is 4.14. The Morgan fingerprint density at radius 2 is 1.86 bits per heavy atom. The fraction of sp³-hybridized carbons (Fsp3) is 0.409. The molecule has 37 heavy (non-hydrogen) atoms. The highest BCUT2D eigenvalue weighted by Crippen LogP contribution is 2.31. The summed E-state index contributed by atoms with van der Waals surface area (Å²) in [6.07, 6.45) is -1.63. The molecule has 15 heteroatoms. The molecule has 1 aromatic carbocycles. The molecular formula is C22H24F2N6O7. The summed E-state index contributed by atoms with van der Waals surface area (Å²) in [5.74, 6) is -2.78. The van der Waals surface area contributed by atoms with Gasteiger partial charge >= 0.3 is 12.2 Å². The van der Waals surface area contributed by atoms with Gasteiger partial charge in [0.15, 0.2) is 11.6 Å². The lowest BCUT2D eigenvalue weighted by molar-refractivity contribution is -0.133. The monoisotopic (exact) mass is 522 g/mol. The molecule has 2 saturated heterocycles. The minimum atomic E-state index is -1.29. The average molecular weight is 522 g/mol. The number of rotatable bonds is 7. The van der Waals surface area contributed by atoms with Gasteiger partial charge in [0.25, 0.3) is 5.91 Å². The van der Waals surface area contributed by atoms with Crippen LogP contribution in [-0.2, 0) is 9.53 Å². The maximum absolute atomic E-state index is 15.0. The van der Waals surface area contributed by atoms with Gasteiger partial charge in [0.2, 0.25) is 11.7 Å². The number of nitrogens with zero attached hydrogens (tertiary/aromatic N) is 4. The molecule has 4 amide bonds. The van der Waals surface area contributed by atoms with Crippen molar-refractivity contribution in [3.8, 4) is 0 Å². The molecule has 3 N–H and O–H groups in total. The Bertz CT molecular complexity index is 1160. The second-order valence-corrected chi connectivity index (χ2v) is 8.44. The third-order valence-electron chi connectivity index (χ3n) is 5.96. The highest BCUT2D eigenvalue weighted by Gasteiger charge is 2.34. The molecule has 0 spiro atoms. The van der Waals surface area contributed by atoms with Gasteiger partial charge in [-0.05, 0) is 6.92 Å². The Balaban J connectivity index is 1.36. The van der Waals surface area contributed by atoms with Crippen molar-refractivity contribution < 1.29 is 42.3 Å². The van der Waals surface area contributed by atoms with E-state index in [9.17, 15) is 28.0 Å². The normalized spacial score (nSPS) is 18.4. The predicted octanol–water partition coefficient (Wildman–Crippen LogP) is 1.01. The van der Waals surface area contributed by atoms with Gasteiger partial charge in [-0.3, -0.25) is 14.5 Å². The molecule has 0 bridgehead atoms. The zero-order valence-corrected chi connectivity index (χ0v) is 19.6. The average Bonchev–Trinajstić information content (AvgIpc) is 3.52. The highest BCUT2D eigenvalue weighted by atomic mass is 19.1. The van der Waals surface area contributed by atoms with Gasteiger partial charge in [-0.15, -0.1) is 0 Å². The van der Waals surface area contributed by atoms with E-state index in [4.69, 9.17) is 14.4 Å². The summed E-state index contributed by atoms with van der Waals surface area (Å²) in [5.41, 5.74) is -0.356. The van der Waals surface area contributed by atoms with E-state index >= 15 is 0 Å². The van der Waals surface area contributed by atoms with Crippen LogP contribution in [0.15, 0.2) is 28.9 Å². The lowest BCUT2D eigenvalue weighted by Crippen LogP contribution is -2.54. The van der Waals surface area contributed by atoms with Crippen LogP contribution in [0.5, 0.6) is 0 Å². The number of nitrogens with one attached hydrogen (secondary N) is 2. The van der Waals surface area contributed by atoms with Gasteiger partial charge in [0.05, 0.1) is 25.0 Å². The van der Waals surface area contributed by atoms with Crippen LogP contribution in [0, 0.1) is 11.6 Å². The first-order chi connectivity index (χ1) is 17.6. The smallest absolute Gasteiger partial charge is 0.414 e. The summed E-state index contributed by atoms with van der Waals surface area (Å²) in [6, 6.07) is 2.52. The number of ether oxygens (including phenoxy) is 1. The molecule has 13 nitrogen and oxygen atoms in total. The summed E-state index contributed by atoms with van der Waals surface area (Å²) in [6.45, 7) is 1.88. The summed E-state index contributed by atoms with van der Waals surface area (Å²) in [5, 5.41) is 16.7. The topological polar surface area (TPSA) is 158 Å². The van der Waals surface area contributed by atoms with Crippen molar-refractivity contribution in [2.45, 2.75) is 19.1 Å². The van der Waals surface area contributed by atoms with Crippen molar-refractivity contribution >= 4 is 35.4 Å². The maximum atomic E-state index is 15.0. The number of carboxylic acid groups (broad SMARTS) is 1. The van der Waals surface area contributed by atoms with E-state index in [1.165, 1.54) is 29.0 Å². The van der Waals surface area contributed by atoms with Crippen molar-refractivity contribution in [2.24, 2.45) is 0 Å². The molecule has 0 unspecified atom stereocenters. The van der Waals surface area contributed by atoms with E-state index in [1.54, 1.807) is 0 Å². The Hall–Kier alpha value is -4.43. The van der Waals surface area contributed by atoms with E-state index in [-0.39, 0.29) is 62.3 Å². The second-order valence-electron chi connectivity index (χ2n) is 8.44. The van der Waals surface area contributed by atoms with Crippen molar-refractivity contribution in [3.05, 3.63) is 41.8 Å². The van der Waals surface area contributed by atoms with E-state index < -0.39 is 41.9 Å². The van der Waals surface area contributed by atoms with Gasteiger partial charge in [0, 0.05) is 44.4 Å². The van der Waals surface area contributed by atoms with Crippen LogP contribution in [0.3, 0.4) is 0 Å². The number of piperazine rings is 1. The number of hydrogen-bond acceptors (Lipinski definition) is 8.